The summed E-state index contributed by atoms with van der Waals surface area (Å²) in [5.74, 6) is -1.96. The average Bonchev–Trinajstić information content (AvgIpc) is 3.16. The van der Waals surface area contributed by atoms with E-state index in [2.05, 4.69) is 15.5 Å². The van der Waals surface area contributed by atoms with Crippen LogP contribution in [-0.4, -0.2) is 36.5 Å². The van der Waals surface area contributed by atoms with Crippen molar-refractivity contribution in [3.8, 4) is 0 Å². The number of halogens is 1. The van der Waals surface area contributed by atoms with E-state index in [1.165, 1.54) is 30.1 Å². The largest absolute Gasteiger partial charge is 0.478 e. The molecule has 3 rings (SSSR count). The molecule has 3 aromatic rings. The van der Waals surface area contributed by atoms with E-state index in [1.54, 1.807) is 29.1 Å². The number of aromatic nitrogens is 4. The Labute approximate surface area is 141 Å². The van der Waals surface area contributed by atoms with Crippen LogP contribution in [0.2, 0.25) is 0 Å². The molecule has 0 aliphatic heterocycles. The van der Waals surface area contributed by atoms with Crippen LogP contribution in [0.25, 0.3) is 0 Å². The topological polar surface area (TPSA) is 102 Å². The van der Waals surface area contributed by atoms with Crippen LogP contribution in [0, 0.1) is 5.82 Å². The normalized spacial score (nSPS) is 10.6. The summed E-state index contributed by atoms with van der Waals surface area (Å²) in [5, 5.41) is 19.7. The minimum absolute atomic E-state index is 0.189. The lowest BCUT2D eigenvalue weighted by Gasteiger charge is -2.02. The number of anilines is 1. The predicted molar refractivity (Wildman–Crippen MR) is 85.8 cm³/mol. The zero-order valence-electron chi connectivity index (χ0n) is 13.2. The second-order valence-electron chi connectivity index (χ2n) is 5.35. The molecule has 0 saturated carbocycles. The zero-order chi connectivity index (χ0) is 18.0. The smallest absolute Gasteiger partial charge is 0.339 e. The highest BCUT2D eigenvalue weighted by Crippen LogP contribution is 2.11. The number of aromatic carboxylic acids is 1. The van der Waals surface area contributed by atoms with E-state index in [-0.39, 0.29) is 22.9 Å². The molecule has 8 nitrogen and oxygen atoms in total. The van der Waals surface area contributed by atoms with Crippen LogP contribution in [0.3, 0.4) is 0 Å². The Morgan fingerprint density at radius 3 is 2.60 bits per heavy atom. The molecule has 1 aromatic carbocycles. The molecule has 128 valence electrons. The van der Waals surface area contributed by atoms with Crippen molar-refractivity contribution in [3.05, 3.63) is 65.4 Å². The maximum atomic E-state index is 12.9. The maximum absolute atomic E-state index is 12.9. The average molecular weight is 343 g/mol. The van der Waals surface area contributed by atoms with Crippen molar-refractivity contribution in [2.75, 3.05) is 5.32 Å². The van der Waals surface area contributed by atoms with Crippen LogP contribution in [0.15, 0.2) is 42.7 Å². The second-order valence-corrected chi connectivity index (χ2v) is 5.35. The van der Waals surface area contributed by atoms with Gasteiger partial charge in [-0.15, -0.1) is 0 Å². The standard InChI is InChI=1S/C16H14FN5O3/c1-21-9-12(16(24)25)14(20-21)15(23)18-13-6-7-22(19-13)8-10-2-4-11(17)5-3-10/h2-7,9H,8H2,1H3,(H,24,25)(H,18,19,23). The molecule has 1 amide bonds. The van der Waals surface area contributed by atoms with Gasteiger partial charge in [-0.2, -0.15) is 10.2 Å². The maximum Gasteiger partial charge on any atom is 0.339 e. The van der Waals surface area contributed by atoms with E-state index >= 15 is 0 Å². The van der Waals surface area contributed by atoms with Gasteiger partial charge < -0.3 is 10.4 Å². The first-order valence-electron chi connectivity index (χ1n) is 7.28. The number of amides is 1. The Morgan fingerprint density at radius 2 is 1.92 bits per heavy atom. The SMILES string of the molecule is Cn1cc(C(=O)O)c(C(=O)Nc2ccn(Cc3ccc(F)cc3)n2)n1. The molecule has 0 radical (unpaired) electrons. The summed E-state index contributed by atoms with van der Waals surface area (Å²) >= 11 is 0. The Morgan fingerprint density at radius 1 is 1.20 bits per heavy atom. The zero-order valence-corrected chi connectivity index (χ0v) is 13.2. The summed E-state index contributed by atoms with van der Waals surface area (Å²) in [5.41, 5.74) is 0.467. The van der Waals surface area contributed by atoms with E-state index in [0.717, 1.165) is 5.56 Å². The lowest BCUT2D eigenvalue weighted by Crippen LogP contribution is -2.17. The van der Waals surface area contributed by atoms with Crippen molar-refractivity contribution in [1.29, 1.82) is 0 Å². The molecule has 2 aromatic heterocycles. The van der Waals surface area contributed by atoms with Gasteiger partial charge in [0.15, 0.2) is 11.5 Å². The van der Waals surface area contributed by atoms with Gasteiger partial charge in [-0.3, -0.25) is 14.2 Å². The van der Waals surface area contributed by atoms with Crippen molar-refractivity contribution >= 4 is 17.7 Å². The number of hydrogen-bond acceptors (Lipinski definition) is 4. The van der Waals surface area contributed by atoms with Crippen LogP contribution in [0.4, 0.5) is 10.2 Å². The summed E-state index contributed by atoms with van der Waals surface area (Å²) in [6, 6.07) is 7.57. The fourth-order valence-electron chi connectivity index (χ4n) is 2.28. The monoisotopic (exact) mass is 343 g/mol. The number of benzene rings is 1. The second kappa shape index (κ2) is 6.56. The van der Waals surface area contributed by atoms with Gasteiger partial charge in [-0.1, -0.05) is 12.1 Å². The summed E-state index contributed by atoms with van der Waals surface area (Å²) in [7, 11) is 1.53. The number of carbonyl (C=O) groups excluding carboxylic acids is 1. The number of carboxylic acids is 1. The summed E-state index contributed by atoms with van der Waals surface area (Å²) in [6.07, 6.45) is 2.90. The molecule has 2 heterocycles. The molecule has 25 heavy (non-hydrogen) atoms. The molecule has 0 bridgehead atoms. The van der Waals surface area contributed by atoms with Crippen molar-refractivity contribution in [1.82, 2.24) is 19.6 Å². The molecule has 0 saturated heterocycles. The highest BCUT2D eigenvalue weighted by Gasteiger charge is 2.21. The van der Waals surface area contributed by atoms with E-state index in [1.807, 2.05) is 0 Å². The van der Waals surface area contributed by atoms with Gasteiger partial charge in [0, 0.05) is 25.5 Å². The van der Waals surface area contributed by atoms with Gasteiger partial charge in [-0.05, 0) is 17.7 Å². The third kappa shape index (κ3) is 3.71. The first-order valence-corrected chi connectivity index (χ1v) is 7.28. The summed E-state index contributed by atoms with van der Waals surface area (Å²) < 4.78 is 15.7. The number of carboxylic acid groups (broad SMARTS) is 1. The van der Waals surface area contributed by atoms with Gasteiger partial charge >= 0.3 is 5.97 Å². The van der Waals surface area contributed by atoms with E-state index < -0.39 is 11.9 Å². The van der Waals surface area contributed by atoms with E-state index in [0.29, 0.717) is 6.54 Å². The fraction of sp³-hybridized carbons (Fsp3) is 0.125. The summed E-state index contributed by atoms with van der Waals surface area (Å²) in [4.78, 5) is 23.4. The molecule has 9 heteroatoms. The lowest BCUT2D eigenvalue weighted by molar-refractivity contribution is 0.0692. The van der Waals surface area contributed by atoms with E-state index in [4.69, 9.17) is 5.11 Å². The first kappa shape index (κ1) is 16.4. The van der Waals surface area contributed by atoms with Crippen molar-refractivity contribution < 1.29 is 19.1 Å². The number of aryl methyl sites for hydroxylation is 1. The third-order valence-electron chi connectivity index (χ3n) is 3.41. The van der Waals surface area contributed by atoms with Crippen LogP contribution in [0.1, 0.15) is 26.4 Å². The number of nitrogens with one attached hydrogen (secondary N) is 1. The molecule has 0 aliphatic rings. The van der Waals surface area contributed by atoms with Gasteiger partial charge in [0.1, 0.15) is 11.4 Å². The molecule has 0 atom stereocenters. The minimum atomic E-state index is -1.24. The van der Waals surface area contributed by atoms with Crippen LogP contribution in [0.5, 0.6) is 0 Å². The Bertz CT molecular complexity index is 930. The molecule has 2 N–H and O–H groups in total. The molecule has 0 fully saturated rings. The number of carbonyl (C=O) groups is 2. The van der Waals surface area contributed by atoms with Crippen LogP contribution < -0.4 is 5.32 Å². The van der Waals surface area contributed by atoms with Gasteiger partial charge in [-0.25, -0.2) is 9.18 Å². The lowest BCUT2D eigenvalue weighted by atomic mass is 10.2. The summed E-state index contributed by atoms with van der Waals surface area (Å²) in [6.45, 7) is 0.403. The molecular weight excluding hydrogens is 329 g/mol. The Hall–Kier alpha value is -3.49. The Kier molecular flexibility index (Phi) is 4.29. The third-order valence-corrected chi connectivity index (χ3v) is 3.41. The number of nitrogens with zero attached hydrogens (tertiary/aromatic N) is 4. The molecular formula is C16H14FN5O3. The molecule has 0 unspecified atom stereocenters. The van der Waals surface area contributed by atoms with E-state index in [9.17, 15) is 14.0 Å². The predicted octanol–water partition coefficient (Wildman–Crippen LogP) is 1.75. The van der Waals surface area contributed by atoms with Crippen molar-refractivity contribution in [2.45, 2.75) is 6.54 Å². The van der Waals surface area contributed by atoms with Crippen LogP contribution >= 0.6 is 0 Å². The van der Waals surface area contributed by atoms with Crippen molar-refractivity contribution in [2.24, 2.45) is 7.05 Å². The van der Waals surface area contributed by atoms with Crippen LogP contribution in [-0.2, 0) is 13.6 Å². The molecule has 0 spiro atoms. The quantitative estimate of drug-likeness (QED) is 0.735. The minimum Gasteiger partial charge on any atom is -0.478 e. The highest BCUT2D eigenvalue weighted by atomic mass is 19.1. The Balaban J connectivity index is 1.72. The molecule has 0 aliphatic carbocycles. The first-order chi connectivity index (χ1) is 11.9. The van der Waals surface area contributed by atoms with Gasteiger partial charge in [0.2, 0.25) is 0 Å². The fourth-order valence-corrected chi connectivity index (χ4v) is 2.28. The van der Waals surface area contributed by atoms with Gasteiger partial charge in [0.05, 0.1) is 6.54 Å². The van der Waals surface area contributed by atoms with Gasteiger partial charge in [0.25, 0.3) is 5.91 Å². The number of hydrogen-bond donors (Lipinski definition) is 2. The number of rotatable bonds is 5. The highest BCUT2D eigenvalue weighted by molar-refractivity contribution is 6.08. The van der Waals surface area contributed by atoms with Crippen molar-refractivity contribution in [3.63, 3.8) is 0 Å².